The molecule has 0 unspecified atom stereocenters. The van der Waals surface area contributed by atoms with E-state index < -0.39 is 0 Å². The van der Waals surface area contributed by atoms with Crippen molar-refractivity contribution in [3.05, 3.63) is 65.7 Å². The number of benzene rings is 1. The van der Waals surface area contributed by atoms with Crippen molar-refractivity contribution in [2.24, 2.45) is 0 Å². The molecule has 4 aromatic heterocycles. The van der Waals surface area contributed by atoms with Gasteiger partial charge in [0.25, 0.3) is 0 Å². The van der Waals surface area contributed by atoms with Gasteiger partial charge in [-0.15, -0.1) is 21.5 Å². The second kappa shape index (κ2) is 9.15. The van der Waals surface area contributed by atoms with Crippen LogP contribution < -0.4 is 5.32 Å². The van der Waals surface area contributed by atoms with Crippen LogP contribution in [-0.4, -0.2) is 27.3 Å². The van der Waals surface area contributed by atoms with Gasteiger partial charge in [-0.2, -0.15) is 0 Å². The topological polar surface area (TPSA) is 86.0 Å². The number of fused-ring (bicyclic) bond motifs is 1. The summed E-state index contributed by atoms with van der Waals surface area (Å²) in [4.78, 5) is 10.4. The molecule has 0 amide bonds. The first kappa shape index (κ1) is 20.1. The summed E-state index contributed by atoms with van der Waals surface area (Å²) >= 11 is 4.59. The van der Waals surface area contributed by atoms with E-state index >= 15 is 0 Å². The molecular formula is C21H17N5O2S3. The Bertz CT molecular complexity index is 1290. The van der Waals surface area contributed by atoms with E-state index in [0.717, 1.165) is 41.6 Å². The van der Waals surface area contributed by atoms with Gasteiger partial charge in [-0.3, -0.25) is 0 Å². The van der Waals surface area contributed by atoms with Gasteiger partial charge in [-0.1, -0.05) is 41.7 Å². The lowest BCUT2D eigenvalue weighted by atomic mass is 10.1. The van der Waals surface area contributed by atoms with E-state index in [9.17, 15) is 0 Å². The van der Waals surface area contributed by atoms with Crippen LogP contribution in [0.15, 0.2) is 67.9 Å². The summed E-state index contributed by atoms with van der Waals surface area (Å²) in [7, 11) is 1.64. The molecular weight excluding hydrogens is 450 g/mol. The molecule has 0 saturated carbocycles. The number of furan rings is 1. The third kappa shape index (κ3) is 4.47. The fourth-order valence-electron chi connectivity index (χ4n) is 3.03. The minimum atomic E-state index is 0.355. The molecule has 0 fully saturated rings. The van der Waals surface area contributed by atoms with Crippen molar-refractivity contribution in [1.29, 1.82) is 0 Å². The minimum absolute atomic E-state index is 0.355. The molecule has 0 saturated heterocycles. The van der Waals surface area contributed by atoms with Crippen molar-refractivity contribution in [3.63, 3.8) is 0 Å². The molecule has 0 aliphatic carbocycles. The first-order valence-corrected chi connectivity index (χ1v) is 11.9. The molecule has 10 heteroatoms. The molecule has 5 aromatic rings. The number of aromatic nitrogens is 4. The number of hydrogen-bond donors (Lipinski definition) is 1. The van der Waals surface area contributed by atoms with E-state index in [1.807, 2.05) is 30.3 Å². The maximum Gasteiger partial charge on any atom is 0.206 e. The average molecular weight is 468 g/mol. The monoisotopic (exact) mass is 467 g/mol. The molecule has 0 aliphatic rings. The predicted octanol–water partition coefficient (Wildman–Crippen LogP) is 5.71. The molecule has 5 rings (SSSR count). The number of nitrogens with zero attached hydrogens (tertiary/aromatic N) is 4. The van der Waals surface area contributed by atoms with Crippen molar-refractivity contribution in [2.45, 2.75) is 22.5 Å². The first-order chi connectivity index (χ1) is 15.3. The molecule has 1 aromatic carbocycles. The van der Waals surface area contributed by atoms with Gasteiger partial charge in [-0.25, -0.2) is 9.97 Å². The van der Waals surface area contributed by atoms with Crippen molar-refractivity contribution >= 4 is 49.8 Å². The van der Waals surface area contributed by atoms with Gasteiger partial charge in [-0.05, 0) is 29.5 Å². The molecule has 4 heterocycles. The summed E-state index contributed by atoms with van der Waals surface area (Å²) in [6, 6.07) is 14.1. The normalized spacial score (nSPS) is 11.3. The third-order valence-corrected chi connectivity index (χ3v) is 7.18. The van der Waals surface area contributed by atoms with Gasteiger partial charge in [0.15, 0.2) is 10.2 Å². The highest BCUT2D eigenvalue weighted by Gasteiger charge is 2.18. The van der Waals surface area contributed by atoms with E-state index in [0.29, 0.717) is 19.0 Å². The average Bonchev–Trinajstić information content (AvgIpc) is 3.54. The fraction of sp³-hybridized carbons (Fsp3) is 0.143. The fourth-order valence-corrected chi connectivity index (χ4v) is 5.88. The zero-order chi connectivity index (χ0) is 21.0. The lowest BCUT2D eigenvalue weighted by Crippen LogP contribution is -1.98. The molecule has 1 N–H and O–H groups in total. The summed E-state index contributed by atoms with van der Waals surface area (Å²) in [6.45, 7) is 0.916. The number of rotatable bonds is 8. The quantitative estimate of drug-likeness (QED) is 0.290. The summed E-state index contributed by atoms with van der Waals surface area (Å²) in [5.41, 5.74) is 2.25. The molecule has 31 heavy (non-hydrogen) atoms. The summed E-state index contributed by atoms with van der Waals surface area (Å²) < 4.78 is 11.4. The van der Waals surface area contributed by atoms with Crippen molar-refractivity contribution in [1.82, 2.24) is 20.2 Å². The molecule has 156 valence electrons. The summed E-state index contributed by atoms with van der Waals surface area (Å²) in [5.74, 6) is 1.50. The van der Waals surface area contributed by atoms with Crippen molar-refractivity contribution < 1.29 is 9.15 Å². The SMILES string of the molecule is COCc1nc(Sc2nnc(NCc3ccco3)s2)c2c(-c3ccccc3)csc2n1. The molecule has 0 bridgehead atoms. The Labute approximate surface area is 190 Å². The first-order valence-electron chi connectivity index (χ1n) is 9.40. The van der Waals surface area contributed by atoms with Gasteiger partial charge in [0.05, 0.1) is 18.2 Å². The third-order valence-electron chi connectivity index (χ3n) is 4.39. The van der Waals surface area contributed by atoms with Crippen LogP contribution >= 0.6 is 34.4 Å². The van der Waals surface area contributed by atoms with Crippen LogP contribution in [0, 0.1) is 0 Å². The van der Waals surface area contributed by atoms with E-state index in [-0.39, 0.29) is 0 Å². The number of anilines is 1. The highest BCUT2D eigenvalue weighted by Crippen LogP contribution is 2.41. The molecule has 7 nitrogen and oxygen atoms in total. The van der Waals surface area contributed by atoms with E-state index in [1.54, 1.807) is 24.7 Å². The van der Waals surface area contributed by atoms with E-state index in [1.165, 1.54) is 23.1 Å². The Hall–Kier alpha value is -2.79. The zero-order valence-electron chi connectivity index (χ0n) is 16.4. The highest BCUT2D eigenvalue weighted by molar-refractivity contribution is 8.01. The Morgan fingerprint density at radius 2 is 2.00 bits per heavy atom. The van der Waals surface area contributed by atoms with Crippen molar-refractivity contribution in [3.8, 4) is 11.1 Å². The Morgan fingerprint density at radius 3 is 2.81 bits per heavy atom. The van der Waals surface area contributed by atoms with Crippen LogP contribution in [0.2, 0.25) is 0 Å². The molecule has 0 atom stereocenters. The van der Waals surface area contributed by atoms with Crippen LogP contribution in [0.1, 0.15) is 11.6 Å². The number of thiophene rings is 1. The van der Waals surface area contributed by atoms with Gasteiger partial charge < -0.3 is 14.5 Å². The summed E-state index contributed by atoms with van der Waals surface area (Å²) in [5, 5.41) is 16.6. The Kier molecular flexibility index (Phi) is 5.94. The maximum atomic E-state index is 5.35. The van der Waals surface area contributed by atoms with Crippen LogP contribution in [0.25, 0.3) is 21.3 Å². The molecule has 0 spiro atoms. The number of methoxy groups -OCH3 is 1. The van der Waals surface area contributed by atoms with Crippen LogP contribution in [-0.2, 0) is 17.9 Å². The van der Waals surface area contributed by atoms with E-state index in [4.69, 9.17) is 19.1 Å². The number of hydrogen-bond acceptors (Lipinski definition) is 10. The number of ether oxygens (including phenoxy) is 1. The standard InChI is InChI=1S/C21H17N5O2S3/c1-27-11-16-23-18-17(15(12-29-18)13-6-3-2-4-7-13)19(24-16)30-21-26-25-20(31-21)22-10-14-8-5-9-28-14/h2-9,12H,10-11H2,1H3,(H,22,25). The highest BCUT2D eigenvalue weighted by atomic mass is 32.2. The lowest BCUT2D eigenvalue weighted by molar-refractivity contribution is 0.177. The van der Waals surface area contributed by atoms with Gasteiger partial charge >= 0.3 is 0 Å². The second-order valence-corrected chi connectivity index (χ2v) is 9.55. The Balaban J connectivity index is 1.47. The molecule has 0 aliphatic heterocycles. The van der Waals surface area contributed by atoms with Crippen LogP contribution in [0.4, 0.5) is 5.13 Å². The second-order valence-electron chi connectivity index (χ2n) is 6.48. The van der Waals surface area contributed by atoms with Crippen LogP contribution in [0.3, 0.4) is 0 Å². The van der Waals surface area contributed by atoms with Gasteiger partial charge in [0, 0.05) is 18.1 Å². The van der Waals surface area contributed by atoms with Gasteiger partial charge in [0.2, 0.25) is 5.13 Å². The lowest BCUT2D eigenvalue weighted by Gasteiger charge is -2.06. The largest absolute Gasteiger partial charge is 0.467 e. The minimum Gasteiger partial charge on any atom is -0.467 e. The van der Waals surface area contributed by atoms with Gasteiger partial charge in [0.1, 0.15) is 22.2 Å². The predicted molar refractivity (Wildman–Crippen MR) is 124 cm³/mol. The van der Waals surface area contributed by atoms with E-state index in [2.05, 4.69) is 33.0 Å². The smallest absolute Gasteiger partial charge is 0.206 e. The summed E-state index contributed by atoms with van der Waals surface area (Å²) in [6.07, 6.45) is 1.65. The maximum absolute atomic E-state index is 5.35. The number of nitrogens with one attached hydrogen (secondary N) is 1. The van der Waals surface area contributed by atoms with Crippen molar-refractivity contribution in [2.75, 3.05) is 12.4 Å². The molecule has 0 radical (unpaired) electrons. The van der Waals surface area contributed by atoms with Crippen LogP contribution in [0.5, 0.6) is 0 Å². The Morgan fingerprint density at radius 1 is 1.10 bits per heavy atom. The zero-order valence-corrected chi connectivity index (χ0v) is 18.9.